The van der Waals surface area contributed by atoms with E-state index in [0.717, 1.165) is 32.1 Å². The lowest BCUT2D eigenvalue weighted by Gasteiger charge is -2.42. The first-order chi connectivity index (χ1) is 10.5. The van der Waals surface area contributed by atoms with Crippen molar-refractivity contribution in [1.29, 1.82) is 0 Å². The quantitative estimate of drug-likeness (QED) is 0.524. The molecule has 1 heterocycles. The van der Waals surface area contributed by atoms with Crippen molar-refractivity contribution >= 4 is 23.4 Å². The summed E-state index contributed by atoms with van der Waals surface area (Å²) in [6.45, 7) is 1.88. The molecule has 1 saturated carbocycles. The number of terminal acetylenes is 1. The summed E-state index contributed by atoms with van der Waals surface area (Å²) in [4.78, 5) is 20.2. The number of halogens is 1. The lowest BCUT2D eigenvalue weighted by atomic mass is 9.73. The first-order valence-corrected chi connectivity index (χ1v) is 7.75. The van der Waals surface area contributed by atoms with Crippen LogP contribution in [0.4, 0.5) is 5.82 Å². The van der Waals surface area contributed by atoms with Crippen molar-refractivity contribution < 1.29 is 9.53 Å². The Kier molecular flexibility index (Phi) is 5.25. The van der Waals surface area contributed by atoms with E-state index in [9.17, 15) is 4.79 Å². The molecule has 118 valence electrons. The zero-order valence-corrected chi connectivity index (χ0v) is 13.6. The standard InChI is InChI=1S/C16H20ClN3O2/c1-4-12-10-18-15(17)19-13(12)20-16(8-6-5-7-9-16)11(2)14(21)22-3/h1,10-11H,5-9H2,2-3H3,(H,18,19,20). The summed E-state index contributed by atoms with van der Waals surface area (Å²) in [5.74, 6) is 2.50. The molecule has 0 amide bonds. The molecular formula is C16H20ClN3O2. The molecule has 0 aromatic carbocycles. The van der Waals surface area contributed by atoms with Crippen LogP contribution in [-0.2, 0) is 9.53 Å². The van der Waals surface area contributed by atoms with Gasteiger partial charge in [-0.1, -0.05) is 25.2 Å². The maximum Gasteiger partial charge on any atom is 0.310 e. The van der Waals surface area contributed by atoms with Crippen molar-refractivity contribution in [2.24, 2.45) is 5.92 Å². The molecule has 1 unspecified atom stereocenters. The summed E-state index contributed by atoms with van der Waals surface area (Å²) in [5, 5.41) is 3.51. The van der Waals surface area contributed by atoms with Gasteiger partial charge < -0.3 is 10.1 Å². The number of anilines is 1. The average Bonchev–Trinajstić information content (AvgIpc) is 2.54. The Balaban J connectivity index is 2.37. The van der Waals surface area contributed by atoms with Crippen molar-refractivity contribution in [3.05, 3.63) is 17.0 Å². The van der Waals surface area contributed by atoms with E-state index >= 15 is 0 Å². The van der Waals surface area contributed by atoms with Crippen LogP contribution in [0.25, 0.3) is 0 Å². The van der Waals surface area contributed by atoms with Gasteiger partial charge in [0.05, 0.1) is 24.1 Å². The number of esters is 1. The average molecular weight is 322 g/mol. The van der Waals surface area contributed by atoms with E-state index in [2.05, 4.69) is 21.2 Å². The van der Waals surface area contributed by atoms with E-state index in [4.69, 9.17) is 22.8 Å². The van der Waals surface area contributed by atoms with Crippen LogP contribution in [0.15, 0.2) is 6.20 Å². The van der Waals surface area contributed by atoms with Crippen molar-refractivity contribution in [1.82, 2.24) is 9.97 Å². The van der Waals surface area contributed by atoms with Gasteiger partial charge >= 0.3 is 5.97 Å². The predicted octanol–water partition coefficient (Wildman–Crippen LogP) is 3.04. The van der Waals surface area contributed by atoms with Crippen LogP contribution in [0.1, 0.15) is 44.6 Å². The third kappa shape index (κ3) is 3.33. The number of carbonyl (C=O) groups excluding carboxylic acids is 1. The summed E-state index contributed by atoms with van der Waals surface area (Å²) in [5.41, 5.74) is 0.112. The number of rotatable bonds is 4. The molecule has 1 fully saturated rings. The Labute approximate surface area is 135 Å². The maximum atomic E-state index is 12.1. The molecule has 0 spiro atoms. The second-order valence-electron chi connectivity index (χ2n) is 5.63. The fourth-order valence-electron chi connectivity index (χ4n) is 3.05. The summed E-state index contributed by atoms with van der Waals surface area (Å²) in [7, 11) is 1.41. The third-order valence-electron chi connectivity index (χ3n) is 4.41. The summed E-state index contributed by atoms with van der Waals surface area (Å²) in [6, 6.07) is 0. The molecule has 1 aliphatic rings. The Morgan fingerprint density at radius 2 is 2.18 bits per heavy atom. The second kappa shape index (κ2) is 6.97. The monoisotopic (exact) mass is 321 g/mol. The van der Waals surface area contributed by atoms with Gasteiger partial charge in [-0.3, -0.25) is 4.79 Å². The van der Waals surface area contributed by atoms with Crippen LogP contribution in [0.2, 0.25) is 5.28 Å². The highest BCUT2D eigenvalue weighted by Crippen LogP contribution is 2.38. The molecule has 0 bridgehead atoms. The molecule has 5 nitrogen and oxygen atoms in total. The molecule has 0 aliphatic heterocycles. The van der Waals surface area contributed by atoms with Gasteiger partial charge in [0.2, 0.25) is 5.28 Å². The first kappa shape index (κ1) is 16.6. The van der Waals surface area contributed by atoms with E-state index in [1.165, 1.54) is 13.3 Å². The Hall–Kier alpha value is -1.80. The Morgan fingerprint density at radius 1 is 1.50 bits per heavy atom. The van der Waals surface area contributed by atoms with Crippen molar-refractivity contribution in [2.75, 3.05) is 12.4 Å². The van der Waals surface area contributed by atoms with Gasteiger partial charge in [-0.25, -0.2) is 4.98 Å². The number of nitrogens with zero attached hydrogens (tertiary/aromatic N) is 2. The first-order valence-electron chi connectivity index (χ1n) is 7.37. The summed E-state index contributed by atoms with van der Waals surface area (Å²) in [6.07, 6.45) is 12.0. The molecule has 1 atom stereocenters. The second-order valence-corrected chi connectivity index (χ2v) is 5.97. The molecular weight excluding hydrogens is 302 g/mol. The predicted molar refractivity (Wildman–Crippen MR) is 85.6 cm³/mol. The highest BCUT2D eigenvalue weighted by Gasteiger charge is 2.42. The van der Waals surface area contributed by atoms with Gasteiger partial charge in [-0.15, -0.1) is 6.42 Å². The maximum absolute atomic E-state index is 12.1. The van der Waals surface area contributed by atoms with E-state index in [-0.39, 0.29) is 17.2 Å². The molecule has 22 heavy (non-hydrogen) atoms. The fourth-order valence-corrected chi connectivity index (χ4v) is 3.18. The van der Waals surface area contributed by atoms with Crippen LogP contribution in [0.3, 0.4) is 0 Å². The minimum absolute atomic E-state index is 0.123. The van der Waals surface area contributed by atoms with Crippen LogP contribution in [0.5, 0.6) is 0 Å². The number of hydrogen-bond acceptors (Lipinski definition) is 5. The van der Waals surface area contributed by atoms with Gasteiger partial charge in [0.25, 0.3) is 0 Å². The molecule has 0 saturated heterocycles. The van der Waals surface area contributed by atoms with Crippen molar-refractivity contribution in [3.63, 3.8) is 0 Å². The fraction of sp³-hybridized carbons (Fsp3) is 0.562. The highest BCUT2D eigenvalue weighted by atomic mass is 35.5. The minimum Gasteiger partial charge on any atom is -0.469 e. The molecule has 1 aromatic rings. The Bertz CT molecular complexity index is 592. The van der Waals surface area contributed by atoms with Crippen LogP contribution < -0.4 is 5.32 Å². The molecule has 6 heteroatoms. The molecule has 1 N–H and O–H groups in total. The number of carbonyl (C=O) groups is 1. The molecule has 1 aromatic heterocycles. The zero-order chi connectivity index (χ0) is 16.2. The Morgan fingerprint density at radius 3 is 2.77 bits per heavy atom. The molecule has 2 rings (SSSR count). The number of hydrogen-bond donors (Lipinski definition) is 1. The summed E-state index contributed by atoms with van der Waals surface area (Å²) < 4.78 is 4.93. The van der Waals surface area contributed by atoms with Crippen LogP contribution >= 0.6 is 11.6 Å². The number of ether oxygens (including phenoxy) is 1. The smallest absolute Gasteiger partial charge is 0.310 e. The topological polar surface area (TPSA) is 64.1 Å². The third-order valence-corrected chi connectivity index (χ3v) is 4.59. The molecule has 1 aliphatic carbocycles. The highest BCUT2D eigenvalue weighted by molar-refractivity contribution is 6.28. The lowest BCUT2D eigenvalue weighted by molar-refractivity contribution is -0.147. The van der Waals surface area contributed by atoms with Gasteiger partial charge in [0.1, 0.15) is 5.82 Å². The van der Waals surface area contributed by atoms with E-state index in [0.29, 0.717) is 11.4 Å². The minimum atomic E-state index is -0.422. The normalized spacial score (nSPS) is 18.1. The number of nitrogens with one attached hydrogen (secondary N) is 1. The number of methoxy groups -OCH3 is 1. The van der Waals surface area contributed by atoms with Gasteiger partial charge in [-0.2, -0.15) is 4.98 Å². The van der Waals surface area contributed by atoms with Crippen molar-refractivity contribution in [2.45, 2.75) is 44.6 Å². The largest absolute Gasteiger partial charge is 0.469 e. The van der Waals surface area contributed by atoms with Gasteiger partial charge in [-0.05, 0) is 31.4 Å². The van der Waals surface area contributed by atoms with Gasteiger partial charge in [0, 0.05) is 6.20 Å². The van der Waals surface area contributed by atoms with E-state index in [1.54, 1.807) is 0 Å². The zero-order valence-electron chi connectivity index (χ0n) is 12.9. The summed E-state index contributed by atoms with van der Waals surface area (Å²) >= 11 is 5.88. The molecule has 0 radical (unpaired) electrons. The van der Waals surface area contributed by atoms with Crippen LogP contribution in [-0.4, -0.2) is 28.6 Å². The lowest BCUT2D eigenvalue weighted by Crippen LogP contribution is -2.49. The SMILES string of the molecule is C#Cc1cnc(Cl)nc1NC1(C(C)C(=O)OC)CCCCC1. The van der Waals surface area contributed by atoms with Gasteiger partial charge in [0.15, 0.2) is 0 Å². The number of aromatic nitrogens is 2. The van der Waals surface area contributed by atoms with E-state index in [1.807, 2.05) is 6.92 Å². The van der Waals surface area contributed by atoms with E-state index < -0.39 is 5.54 Å². The van der Waals surface area contributed by atoms with Crippen LogP contribution in [0, 0.1) is 18.3 Å². The van der Waals surface area contributed by atoms with Crippen molar-refractivity contribution in [3.8, 4) is 12.3 Å².